The first-order valence-electron chi connectivity index (χ1n) is 7.79. The van der Waals surface area contributed by atoms with Crippen molar-refractivity contribution < 1.29 is 9.53 Å². The molecule has 0 heterocycles. The van der Waals surface area contributed by atoms with Crippen molar-refractivity contribution in [3.05, 3.63) is 0 Å². The number of rotatable bonds is 7. The van der Waals surface area contributed by atoms with Crippen LogP contribution in [0.3, 0.4) is 0 Å². The van der Waals surface area contributed by atoms with Crippen LogP contribution in [0.2, 0.25) is 0 Å². The highest BCUT2D eigenvalue weighted by atomic mass is 16.5. The fourth-order valence-electron chi connectivity index (χ4n) is 4.09. The molecule has 0 bridgehead atoms. The molecule has 0 N–H and O–H groups in total. The third-order valence-electron chi connectivity index (χ3n) is 5.21. The minimum Gasteiger partial charge on any atom is -0.381 e. The minimum atomic E-state index is 0.453. The molecule has 2 aliphatic carbocycles. The third kappa shape index (κ3) is 3.34. The van der Waals surface area contributed by atoms with E-state index >= 15 is 0 Å². The summed E-state index contributed by atoms with van der Waals surface area (Å²) in [4.78, 5) is 11.5. The lowest BCUT2D eigenvalue weighted by molar-refractivity contribution is -0.118. The Kier molecular flexibility index (Phi) is 5.23. The van der Waals surface area contributed by atoms with E-state index in [1.807, 2.05) is 7.11 Å². The van der Waals surface area contributed by atoms with Crippen LogP contribution in [-0.2, 0) is 9.53 Å². The van der Waals surface area contributed by atoms with Gasteiger partial charge in [-0.3, -0.25) is 4.79 Å². The topological polar surface area (TPSA) is 26.3 Å². The van der Waals surface area contributed by atoms with Crippen LogP contribution in [0.15, 0.2) is 0 Å². The fourth-order valence-corrected chi connectivity index (χ4v) is 4.09. The maximum atomic E-state index is 11.5. The number of carbonyl (C=O) groups excluding carboxylic acids is 1. The minimum absolute atomic E-state index is 0.453. The number of carbonyl (C=O) groups is 1. The van der Waals surface area contributed by atoms with Crippen LogP contribution in [0, 0.1) is 17.8 Å². The van der Waals surface area contributed by atoms with E-state index in [1.165, 1.54) is 38.5 Å². The fraction of sp³-hybridized carbons (Fsp3) is 0.938. The maximum absolute atomic E-state index is 11.5. The number of hydrogen-bond acceptors (Lipinski definition) is 2. The number of ether oxygens (including phenoxy) is 1. The first kappa shape index (κ1) is 14.0. The van der Waals surface area contributed by atoms with Crippen molar-refractivity contribution in [3.63, 3.8) is 0 Å². The summed E-state index contributed by atoms with van der Waals surface area (Å²) in [7, 11) is 1.82. The van der Waals surface area contributed by atoms with Crippen molar-refractivity contribution in [1.29, 1.82) is 0 Å². The molecule has 18 heavy (non-hydrogen) atoms. The summed E-state index contributed by atoms with van der Waals surface area (Å²) in [5, 5.41) is 0. The second-order valence-electron chi connectivity index (χ2n) is 6.26. The molecule has 0 radical (unpaired) electrons. The van der Waals surface area contributed by atoms with E-state index in [1.54, 1.807) is 0 Å². The van der Waals surface area contributed by atoms with Crippen LogP contribution in [0.5, 0.6) is 0 Å². The van der Waals surface area contributed by atoms with Gasteiger partial charge in [0.1, 0.15) is 5.78 Å². The number of fused-ring (bicyclic) bond motifs is 1. The van der Waals surface area contributed by atoms with Crippen LogP contribution in [-0.4, -0.2) is 19.0 Å². The van der Waals surface area contributed by atoms with Crippen molar-refractivity contribution in [2.24, 2.45) is 17.8 Å². The molecule has 0 amide bonds. The molecule has 2 saturated carbocycles. The third-order valence-corrected chi connectivity index (χ3v) is 5.21. The van der Waals surface area contributed by atoms with Crippen molar-refractivity contribution >= 4 is 5.78 Å². The molecule has 104 valence electrons. The zero-order valence-corrected chi connectivity index (χ0v) is 12.0. The molecular weight excluding hydrogens is 224 g/mol. The number of Topliss-reactive ketones (excluding diaryl/α,β-unsaturated/α-hetero) is 1. The van der Waals surface area contributed by atoms with E-state index in [-0.39, 0.29) is 0 Å². The molecule has 2 fully saturated rings. The Morgan fingerprint density at radius 1 is 1.28 bits per heavy atom. The molecule has 0 aliphatic heterocycles. The lowest BCUT2D eigenvalue weighted by Crippen LogP contribution is -2.11. The molecule has 4 atom stereocenters. The van der Waals surface area contributed by atoms with E-state index in [4.69, 9.17) is 4.74 Å². The summed E-state index contributed by atoms with van der Waals surface area (Å²) in [5.41, 5.74) is 0. The van der Waals surface area contributed by atoms with Gasteiger partial charge in [-0.1, -0.05) is 26.2 Å². The standard InChI is InChI=1S/C16H28O2/c1-3-15(18-2)7-5-4-6-12-8-9-13-10-14(17)11-16(12)13/h12-13,15-16H,3-11H2,1-2H3/t12-,13+,15-,16-/m1/s1. The number of hydrogen-bond donors (Lipinski definition) is 0. The van der Waals surface area contributed by atoms with E-state index in [0.717, 1.165) is 37.0 Å². The normalized spacial score (nSPS) is 32.8. The SMILES string of the molecule is CC[C@H](CCCC[C@@H]1CC[C@H]2CC(=O)C[C@H]12)OC. The molecule has 2 heteroatoms. The van der Waals surface area contributed by atoms with Crippen LogP contribution in [0.1, 0.15) is 64.7 Å². The molecule has 0 aromatic heterocycles. The predicted octanol–water partition coefficient (Wildman–Crippen LogP) is 3.98. The summed E-state index contributed by atoms with van der Waals surface area (Å²) in [5.74, 6) is 2.89. The van der Waals surface area contributed by atoms with Gasteiger partial charge in [-0.05, 0) is 43.4 Å². The molecule has 0 saturated heterocycles. The van der Waals surface area contributed by atoms with Gasteiger partial charge in [-0.25, -0.2) is 0 Å². The number of unbranched alkanes of at least 4 members (excludes halogenated alkanes) is 1. The summed E-state index contributed by atoms with van der Waals surface area (Å²) in [6.07, 6.45) is 11.2. The van der Waals surface area contributed by atoms with Crippen LogP contribution in [0.25, 0.3) is 0 Å². The molecule has 0 unspecified atom stereocenters. The van der Waals surface area contributed by atoms with E-state index in [0.29, 0.717) is 11.9 Å². The first-order valence-corrected chi connectivity index (χ1v) is 7.79. The summed E-state index contributed by atoms with van der Waals surface area (Å²) in [6.45, 7) is 2.19. The first-order chi connectivity index (χ1) is 8.74. The van der Waals surface area contributed by atoms with Gasteiger partial charge in [0.15, 0.2) is 0 Å². The Bertz CT molecular complexity index is 270. The van der Waals surface area contributed by atoms with Gasteiger partial charge >= 0.3 is 0 Å². The van der Waals surface area contributed by atoms with E-state index in [2.05, 4.69) is 6.92 Å². The van der Waals surface area contributed by atoms with Gasteiger partial charge in [0.2, 0.25) is 0 Å². The van der Waals surface area contributed by atoms with Crippen molar-refractivity contribution in [2.75, 3.05) is 7.11 Å². The van der Waals surface area contributed by atoms with Crippen LogP contribution in [0.4, 0.5) is 0 Å². The Morgan fingerprint density at radius 3 is 2.83 bits per heavy atom. The monoisotopic (exact) mass is 252 g/mol. The lowest BCUT2D eigenvalue weighted by Gasteiger charge is -2.18. The van der Waals surface area contributed by atoms with E-state index < -0.39 is 0 Å². The number of ketones is 1. The molecule has 2 nitrogen and oxygen atoms in total. The quantitative estimate of drug-likeness (QED) is 0.641. The summed E-state index contributed by atoms with van der Waals surface area (Å²) >= 11 is 0. The maximum Gasteiger partial charge on any atom is 0.133 e. The molecule has 0 aromatic carbocycles. The second kappa shape index (κ2) is 6.70. The lowest BCUT2D eigenvalue weighted by atomic mass is 9.88. The highest BCUT2D eigenvalue weighted by Crippen LogP contribution is 2.47. The van der Waals surface area contributed by atoms with Crippen molar-refractivity contribution in [1.82, 2.24) is 0 Å². The smallest absolute Gasteiger partial charge is 0.133 e. The Balaban J connectivity index is 1.64. The molecular formula is C16H28O2. The average molecular weight is 252 g/mol. The Labute approximate surface area is 111 Å². The van der Waals surface area contributed by atoms with Crippen molar-refractivity contribution in [2.45, 2.75) is 70.8 Å². The summed E-state index contributed by atoms with van der Waals surface area (Å²) < 4.78 is 5.41. The Hall–Kier alpha value is -0.370. The van der Waals surface area contributed by atoms with Gasteiger partial charge in [0, 0.05) is 20.0 Å². The second-order valence-corrected chi connectivity index (χ2v) is 6.26. The molecule has 0 spiro atoms. The van der Waals surface area contributed by atoms with Crippen LogP contribution < -0.4 is 0 Å². The largest absolute Gasteiger partial charge is 0.381 e. The predicted molar refractivity (Wildman–Crippen MR) is 73.5 cm³/mol. The van der Waals surface area contributed by atoms with Gasteiger partial charge in [-0.2, -0.15) is 0 Å². The molecule has 2 aliphatic rings. The summed E-state index contributed by atoms with van der Waals surface area (Å²) in [6, 6.07) is 0. The van der Waals surface area contributed by atoms with Gasteiger partial charge in [-0.15, -0.1) is 0 Å². The van der Waals surface area contributed by atoms with Gasteiger partial charge in [0.25, 0.3) is 0 Å². The Morgan fingerprint density at radius 2 is 2.11 bits per heavy atom. The van der Waals surface area contributed by atoms with E-state index in [9.17, 15) is 4.79 Å². The van der Waals surface area contributed by atoms with Crippen LogP contribution >= 0.6 is 0 Å². The molecule has 2 rings (SSSR count). The van der Waals surface area contributed by atoms with Gasteiger partial charge in [0.05, 0.1) is 6.10 Å². The molecule has 0 aromatic rings. The van der Waals surface area contributed by atoms with Gasteiger partial charge < -0.3 is 4.74 Å². The van der Waals surface area contributed by atoms with Crippen molar-refractivity contribution in [3.8, 4) is 0 Å². The zero-order valence-electron chi connectivity index (χ0n) is 12.0. The highest BCUT2D eigenvalue weighted by Gasteiger charge is 2.42. The average Bonchev–Trinajstić information content (AvgIpc) is 2.89. The number of methoxy groups -OCH3 is 1. The highest BCUT2D eigenvalue weighted by molar-refractivity contribution is 5.81. The zero-order chi connectivity index (χ0) is 13.0.